The monoisotopic (exact) mass is 414 g/mol. The van der Waals surface area contributed by atoms with Gasteiger partial charge in [0.2, 0.25) is 6.43 Å². The minimum atomic E-state index is -2.14. The topological polar surface area (TPSA) is 0 Å². The fourth-order valence-electron chi connectivity index (χ4n) is 5.59. The van der Waals surface area contributed by atoms with Gasteiger partial charge in [-0.1, -0.05) is 100 Å². The van der Waals surface area contributed by atoms with Gasteiger partial charge in [0.1, 0.15) is 0 Å². The number of unbranched alkanes of at least 4 members (excludes halogenated alkanes) is 6. The number of benzene rings is 1. The standard InChI is InChI=1S/C28H40F2/c1-2-3-4-5-6-7-11-20-28(26-16-14-25(15-17-26)27(29)30)21-18-24(19-22-28)23-12-9-8-10-13-23/h8-10,12-13,18-19,21,25-27H,2-7,11,14-17,20,22H2,1H3. The minimum Gasteiger partial charge on any atom is -0.210 e. The molecule has 0 radical (unpaired) electrons. The summed E-state index contributed by atoms with van der Waals surface area (Å²) in [5.41, 5.74) is 2.76. The van der Waals surface area contributed by atoms with Gasteiger partial charge in [-0.05, 0) is 61.0 Å². The largest absolute Gasteiger partial charge is 0.241 e. The minimum absolute atomic E-state index is 0.175. The van der Waals surface area contributed by atoms with E-state index >= 15 is 0 Å². The highest BCUT2D eigenvalue weighted by Gasteiger charge is 2.40. The quantitative estimate of drug-likeness (QED) is 0.316. The molecule has 0 bridgehead atoms. The van der Waals surface area contributed by atoms with Crippen LogP contribution in [-0.2, 0) is 0 Å². The Balaban J connectivity index is 1.61. The van der Waals surface area contributed by atoms with Crippen LogP contribution in [0.1, 0.15) is 96.0 Å². The summed E-state index contributed by atoms with van der Waals surface area (Å²) in [5.74, 6) is 0.178. The van der Waals surface area contributed by atoms with E-state index in [1.54, 1.807) is 0 Å². The van der Waals surface area contributed by atoms with Crippen LogP contribution in [0.25, 0.3) is 5.57 Å². The Hall–Kier alpha value is -1.44. The van der Waals surface area contributed by atoms with Gasteiger partial charge >= 0.3 is 0 Å². The highest BCUT2D eigenvalue weighted by atomic mass is 19.3. The van der Waals surface area contributed by atoms with Gasteiger partial charge in [0.25, 0.3) is 0 Å². The first-order valence-corrected chi connectivity index (χ1v) is 12.4. The lowest BCUT2D eigenvalue weighted by molar-refractivity contribution is 0.0280. The normalized spacial score (nSPS) is 26.7. The van der Waals surface area contributed by atoms with Crippen LogP contribution in [0.4, 0.5) is 8.78 Å². The van der Waals surface area contributed by atoms with Gasteiger partial charge in [0, 0.05) is 5.92 Å². The van der Waals surface area contributed by atoms with Crippen molar-refractivity contribution in [3.63, 3.8) is 0 Å². The van der Waals surface area contributed by atoms with Gasteiger partial charge in [0.05, 0.1) is 0 Å². The molecule has 1 atom stereocenters. The lowest BCUT2D eigenvalue weighted by Gasteiger charge is -2.43. The lowest BCUT2D eigenvalue weighted by atomic mass is 9.61. The zero-order valence-corrected chi connectivity index (χ0v) is 18.8. The molecule has 0 saturated heterocycles. The van der Waals surface area contributed by atoms with Crippen LogP contribution in [0.5, 0.6) is 0 Å². The van der Waals surface area contributed by atoms with E-state index in [2.05, 4.69) is 55.5 Å². The van der Waals surface area contributed by atoms with Gasteiger partial charge in [0.15, 0.2) is 0 Å². The molecule has 2 aliphatic carbocycles. The van der Waals surface area contributed by atoms with Crippen LogP contribution in [0.2, 0.25) is 0 Å². The smallest absolute Gasteiger partial charge is 0.210 e. The second-order valence-electron chi connectivity index (χ2n) is 9.61. The van der Waals surface area contributed by atoms with Crippen LogP contribution in [0.3, 0.4) is 0 Å². The molecule has 0 N–H and O–H groups in total. The average molecular weight is 415 g/mol. The molecule has 1 aromatic rings. The molecule has 3 rings (SSSR count). The second-order valence-corrected chi connectivity index (χ2v) is 9.61. The van der Waals surface area contributed by atoms with Gasteiger partial charge in [-0.15, -0.1) is 0 Å². The van der Waals surface area contributed by atoms with E-state index in [9.17, 15) is 8.78 Å². The maximum Gasteiger partial charge on any atom is 0.241 e. The van der Waals surface area contributed by atoms with E-state index in [0.717, 1.165) is 19.3 Å². The van der Waals surface area contributed by atoms with Crippen molar-refractivity contribution >= 4 is 5.57 Å². The number of alkyl halides is 2. The maximum atomic E-state index is 13.2. The molecule has 0 amide bonds. The van der Waals surface area contributed by atoms with E-state index in [1.165, 1.54) is 62.5 Å². The van der Waals surface area contributed by atoms with Gasteiger partial charge in [-0.25, -0.2) is 8.78 Å². The fourth-order valence-corrected chi connectivity index (χ4v) is 5.59. The van der Waals surface area contributed by atoms with Crippen LogP contribution < -0.4 is 0 Å². The third-order valence-electron chi connectivity index (χ3n) is 7.59. The predicted molar refractivity (Wildman–Crippen MR) is 125 cm³/mol. The Labute approximate surface area is 182 Å². The Kier molecular flexibility index (Phi) is 9.15. The SMILES string of the molecule is CCCCCCCCCC1(C2CCC(C(F)F)CC2)C=CC(c2ccccc2)=CC1. The molecule has 166 valence electrons. The molecule has 1 fully saturated rings. The average Bonchev–Trinajstić information content (AvgIpc) is 2.79. The van der Waals surface area contributed by atoms with Crippen molar-refractivity contribution in [3.8, 4) is 0 Å². The van der Waals surface area contributed by atoms with Gasteiger partial charge in [-0.2, -0.15) is 0 Å². The molecule has 0 spiro atoms. The highest BCUT2D eigenvalue weighted by Crippen LogP contribution is 2.50. The molecule has 0 nitrogen and oxygen atoms in total. The Bertz CT molecular complexity index is 667. The molecule has 1 saturated carbocycles. The van der Waals surface area contributed by atoms with E-state index < -0.39 is 6.43 Å². The van der Waals surface area contributed by atoms with E-state index in [-0.39, 0.29) is 11.3 Å². The first kappa shape index (κ1) is 23.2. The van der Waals surface area contributed by atoms with E-state index in [4.69, 9.17) is 0 Å². The van der Waals surface area contributed by atoms with Crippen LogP contribution in [0, 0.1) is 17.3 Å². The fraction of sp³-hybridized carbons (Fsp3) is 0.643. The summed E-state index contributed by atoms with van der Waals surface area (Å²) in [6.07, 6.45) is 19.9. The number of rotatable bonds is 11. The summed E-state index contributed by atoms with van der Waals surface area (Å²) in [5, 5.41) is 0. The van der Waals surface area contributed by atoms with Crippen LogP contribution in [-0.4, -0.2) is 6.43 Å². The molecule has 0 heterocycles. The molecule has 0 aliphatic heterocycles. The maximum absolute atomic E-state index is 13.2. The Morgan fingerprint density at radius 2 is 1.57 bits per heavy atom. The third kappa shape index (κ3) is 6.28. The summed E-state index contributed by atoms with van der Waals surface area (Å²) in [7, 11) is 0. The summed E-state index contributed by atoms with van der Waals surface area (Å²) in [4.78, 5) is 0. The Morgan fingerprint density at radius 1 is 0.900 bits per heavy atom. The summed E-state index contributed by atoms with van der Waals surface area (Å²) < 4.78 is 26.4. The second kappa shape index (κ2) is 11.8. The lowest BCUT2D eigenvalue weighted by Crippen LogP contribution is -2.34. The molecule has 2 aliphatic rings. The molecule has 1 unspecified atom stereocenters. The number of hydrogen-bond acceptors (Lipinski definition) is 0. The van der Waals surface area contributed by atoms with Crippen molar-refractivity contribution in [1.82, 2.24) is 0 Å². The number of hydrogen-bond donors (Lipinski definition) is 0. The summed E-state index contributed by atoms with van der Waals surface area (Å²) >= 11 is 0. The van der Waals surface area contributed by atoms with Crippen molar-refractivity contribution < 1.29 is 8.78 Å². The molecule has 30 heavy (non-hydrogen) atoms. The van der Waals surface area contributed by atoms with Crippen LogP contribution >= 0.6 is 0 Å². The summed E-state index contributed by atoms with van der Waals surface area (Å²) in [6, 6.07) is 10.6. The van der Waals surface area contributed by atoms with E-state index in [0.29, 0.717) is 18.8 Å². The van der Waals surface area contributed by atoms with Crippen LogP contribution in [0.15, 0.2) is 48.6 Å². The molecular weight excluding hydrogens is 374 g/mol. The highest BCUT2D eigenvalue weighted by molar-refractivity contribution is 5.75. The summed E-state index contributed by atoms with van der Waals surface area (Å²) in [6.45, 7) is 2.26. The van der Waals surface area contributed by atoms with Crippen molar-refractivity contribution in [3.05, 3.63) is 54.1 Å². The zero-order chi connectivity index (χ0) is 21.2. The predicted octanol–water partition coefficient (Wildman–Crippen LogP) is 9.23. The molecular formula is C28H40F2. The third-order valence-corrected chi connectivity index (χ3v) is 7.59. The molecule has 0 aromatic heterocycles. The van der Waals surface area contributed by atoms with Gasteiger partial charge < -0.3 is 0 Å². The van der Waals surface area contributed by atoms with Crippen molar-refractivity contribution in [2.75, 3.05) is 0 Å². The van der Waals surface area contributed by atoms with E-state index in [1.807, 2.05) is 0 Å². The van der Waals surface area contributed by atoms with Crippen molar-refractivity contribution in [2.45, 2.75) is 96.8 Å². The van der Waals surface area contributed by atoms with Crippen molar-refractivity contribution in [1.29, 1.82) is 0 Å². The van der Waals surface area contributed by atoms with Crippen molar-refractivity contribution in [2.24, 2.45) is 17.3 Å². The number of allylic oxidation sites excluding steroid dienone is 4. The Morgan fingerprint density at radius 3 is 2.17 bits per heavy atom. The number of halogens is 2. The van der Waals surface area contributed by atoms with Gasteiger partial charge in [-0.3, -0.25) is 0 Å². The molecule has 2 heteroatoms. The zero-order valence-electron chi connectivity index (χ0n) is 18.8. The molecule has 1 aromatic carbocycles. The first-order valence-electron chi connectivity index (χ1n) is 12.4. The first-order chi connectivity index (χ1) is 14.6.